The molecule has 0 fully saturated rings. The third kappa shape index (κ3) is 8.14. The van der Waals surface area contributed by atoms with Crippen LogP contribution in [0.15, 0.2) is 17.5 Å². The van der Waals surface area contributed by atoms with Crippen LogP contribution in [-0.2, 0) is 9.53 Å². The highest BCUT2D eigenvalue weighted by Crippen LogP contribution is 2.29. The van der Waals surface area contributed by atoms with Gasteiger partial charge in [-0.3, -0.25) is 4.79 Å². The molecule has 3 N–H and O–H groups in total. The van der Waals surface area contributed by atoms with Gasteiger partial charge in [-0.15, -0.1) is 11.3 Å². The van der Waals surface area contributed by atoms with Gasteiger partial charge in [-0.25, -0.2) is 0 Å². The van der Waals surface area contributed by atoms with Crippen LogP contribution in [0.5, 0.6) is 0 Å². The highest BCUT2D eigenvalue weighted by atomic mass is 32.1. The molecule has 0 spiro atoms. The van der Waals surface area contributed by atoms with Crippen molar-refractivity contribution in [2.45, 2.75) is 70.2 Å². The van der Waals surface area contributed by atoms with Crippen LogP contribution in [0, 0.1) is 0 Å². The van der Waals surface area contributed by atoms with Gasteiger partial charge in [0.2, 0.25) is 0 Å². The molecule has 0 aliphatic carbocycles. The smallest absolute Gasteiger partial charge is 0.305 e. The quantitative estimate of drug-likeness (QED) is 0.387. The van der Waals surface area contributed by atoms with E-state index < -0.39 is 18.3 Å². The number of aliphatic hydroxyl groups excluding tert-OH is 3. The van der Waals surface area contributed by atoms with Crippen LogP contribution in [-0.4, -0.2) is 40.6 Å². The van der Waals surface area contributed by atoms with E-state index in [0.29, 0.717) is 12.8 Å². The van der Waals surface area contributed by atoms with Crippen LogP contribution in [0.2, 0.25) is 0 Å². The monoisotopic (exact) mass is 370 g/mol. The molecule has 142 valence electrons. The van der Waals surface area contributed by atoms with E-state index in [1.54, 1.807) is 6.08 Å². The molecule has 3 unspecified atom stereocenters. The lowest BCUT2D eigenvalue weighted by Gasteiger charge is -2.14. The Kier molecular flexibility index (Phi) is 10.6. The Hall–Kier alpha value is -1.21. The normalized spacial score (nSPS) is 15.2. The molecular formula is C19H30O5S. The lowest BCUT2D eigenvalue weighted by molar-refractivity contribution is -0.140. The van der Waals surface area contributed by atoms with Crippen LogP contribution in [0.3, 0.4) is 0 Å². The molecule has 0 radical (unpaired) electrons. The molecule has 1 heterocycles. The Bertz CT molecular complexity index is 526. The summed E-state index contributed by atoms with van der Waals surface area (Å²) >= 11 is 1.50. The summed E-state index contributed by atoms with van der Waals surface area (Å²) < 4.78 is 4.54. The third-order valence-electron chi connectivity index (χ3n) is 4.09. The first-order chi connectivity index (χ1) is 12.0. The Morgan fingerprint density at radius 1 is 1.24 bits per heavy atom. The standard InChI is InChI=1S/C19H30O5S/c1-3-4-5-7-17(22)19-14(12-13-25-19)10-11-16(21)15(20)8-6-9-18(23)24-2/h10-13,15-17,20-22H,3-9H2,1-2H3/b11-10+. The predicted octanol–water partition coefficient (Wildman–Crippen LogP) is 3.44. The molecule has 1 aromatic rings. The van der Waals surface area contributed by atoms with Gasteiger partial charge in [0.05, 0.1) is 25.4 Å². The molecule has 0 saturated carbocycles. The van der Waals surface area contributed by atoms with E-state index in [4.69, 9.17) is 0 Å². The average molecular weight is 371 g/mol. The minimum Gasteiger partial charge on any atom is -0.469 e. The number of unbranched alkanes of at least 4 members (excludes halogenated alkanes) is 2. The Labute approximate surface area is 154 Å². The van der Waals surface area contributed by atoms with E-state index >= 15 is 0 Å². The predicted molar refractivity (Wildman–Crippen MR) is 100 cm³/mol. The summed E-state index contributed by atoms with van der Waals surface area (Å²) in [6.45, 7) is 2.13. The largest absolute Gasteiger partial charge is 0.469 e. The molecule has 0 amide bonds. The SMILES string of the molecule is CCCCCC(O)c1sccc1/C=C/C(O)C(O)CCCC(=O)OC. The molecule has 3 atom stereocenters. The van der Waals surface area contributed by atoms with Gasteiger partial charge < -0.3 is 20.1 Å². The number of methoxy groups -OCH3 is 1. The molecule has 0 bridgehead atoms. The number of hydrogen-bond acceptors (Lipinski definition) is 6. The van der Waals surface area contributed by atoms with Crippen molar-refractivity contribution in [3.8, 4) is 0 Å². The van der Waals surface area contributed by atoms with Crippen molar-refractivity contribution in [3.05, 3.63) is 28.0 Å². The van der Waals surface area contributed by atoms with E-state index in [1.165, 1.54) is 24.5 Å². The van der Waals surface area contributed by atoms with Crippen LogP contribution >= 0.6 is 11.3 Å². The number of rotatable bonds is 12. The van der Waals surface area contributed by atoms with Gasteiger partial charge in [0.1, 0.15) is 0 Å². The van der Waals surface area contributed by atoms with Crippen LogP contribution in [0.25, 0.3) is 6.08 Å². The Balaban J connectivity index is 2.51. The average Bonchev–Trinajstić information content (AvgIpc) is 3.08. The molecule has 0 saturated heterocycles. The molecule has 25 heavy (non-hydrogen) atoms. The number of carbonyl (C=O) groups excluding carboxylic acids is 1. The zero-order valence-corrected chi connectivity index (χ0v) is 15.9. The molecule has 1 rings (SSSR count). The van der Waals surface area contributed by atoms with Crippen molar-refractivity contribution in [2.24, 2.45) is 0 Å². The van der Waals surface area contributed by atoms with Gasteiger partial charge in [0, 0.05) is 11.3 Å². The van der Waals surface area contributed by atoms with Crippen molar-refractivity contribution in [1.29, 1.82) is 0 Å². The molecule has 0 aliphatic heterocycles. The second kappa shape index (κ2) is 12.2. The number of carbonyl (C=O) groups is 1. The first kappa shape index (κ1) is 21.8. The fraction of sp³-hybridized carbons (Fsp3) is 0.632. The van der Waals surface area contributed by atoms with Gasteiger partial charge in [-0.2, -0.15) is 0 Å². The fourth-order valence-electron chi connectivity index (χ4n) is 2.52. The lowest BCUT2D eigenvalue weighted by atomic mass is 10.0. The zero-order chi connectivity index (χ0) is 18.7. The summed E-state index contributed by atoms with van der Waals surface area (Å²) in [6.07, 6.45) is 5.77. The van der Waals surface area contributed by atoms with Crippen LogP contribution < -0.4 is 0 Å². The summed E-state index contributed by atoms with van der Waals surface area (Å²) in [5, 5.41) is 32.2. The third-order valence-corrected chi connectivity index (χ3v) is 5.12. The first-order valence-corrected chi connectivity index (χ1v) is 9.74. The number of hydrogen-bond donors (Lipinski definition) is 3. The lowest BCUT2D eigenvalue weighted by Crippen LogP contribution is -2.23. The maximum absolute atomic E-state index is 11.0. The van der Waals surface area contributed by atoms with E-state index in [0.717, 1.165) is 36.1 Å². The molecule has 1 aromatic heterocycles. The van der Waals surface area contributed by atoms with Crippen molar-refractivity contribution in [2.75, 3.05) is 7.11 Å². The summed E-state index contributed by atoms with van der Waals surface area (Å²) in [7, 11) is 1.32. The van der Waals surface area contributed by atoms with E-state index in [-0.39, 0.29) is 12.4 Å². The topological polar surface area (TPSA) is 87.0 Å². The maximum Gasteiger partial charge on any atom is 0.305 e. The van der Waals surface area contributed by atoms with E-state index in [1.807, 2.05) is 11.4 Å². The van der Waals surface area contributed by atoms with E-state index in [9.17, 15) is 20.1 Å². The van der Waals surface area contributed by atoms with Gasteiger partial charge in [0.15, 0.2) is 0 Å². The summed E-state index contributed by atoms with van der Waals surface area (Å²) in [6, 6.07) is 1.90. The second-order valence-electron chi connectivity index (χ2n) is 6.14. The zero-order valence-electron chi connectivity index (χ0n) is 15.1. The fourth-order valence-corrected chi connectivity index (χ4v) is 3.43. The maximum atomic E-state index is 11.0. The molecule has 5 nitrogen and oxygen atoms in total. The van der Waals surface area contributed by atoms with Gasteiger partial charge >= 0.3 is 5.97 Å². The minimum atomic E-state index is -1.01. The van der Waals surface area contributed by atoms with Crippen LogP contribution in [0.1, 0.15) is 68.4 Å². The van der Waals surface area contributed by atoms with Crippen molar-refractivity contribution < 1.29 is 24.9 Å². The van der Waals surface area contributed by atoms with Gasteiger partial charge in [-0.05, 0) is 36.3 Å². The number of thiophene rings is 1. The molecule has 0 aliphatic rings. The summed E-state index contributed by atoms with van der Waals surface area (Å²) in [4.78, 5) is 11.9. The molecule has 0 aromatic carbocycles. The Morgan fingerprint density at radius 2 is 2.00 bits per heavy atom. The van der Waals surface area contributed by atoms with Crippen molar-refractivity contribution in [3.63, 3.8) is 0 Å². The van der Waals surface area contributed by atoms with Crippen molar-refractivity contribution >= 4 is 23.4 Å². The number of ether oxygens (including phenoxy) is 1. The highest BCUT2D eigenvalue weighted by Gasteiger charge is 2.16. The van der Waals surface area contributed by atoms with Crippen LogP contribution in [0.4, 0.5) is 0 Å². The number of aliphatic hydroxyl groups is 3. The van der Waals surface area contributed by atoms with Gasteiger partial charge in [0.25, 0.3) is 0 Å². The first-order valence-electron chi connectivity index (χ1n) is 8.86. The highest BCUT2D eigenvalue weighted by molar-refractivity contribution is 7.10. The second-order valence-corrected chi connectivity index (χ2v) is 7.08. The molecule has 6 heteroatoms. The van der Waals surface area contributed by atoms with Crippen molar-refractivity contribution in [1.82, 2.24) is 0 Å². The van der Waals surface area contributed by atoms with Gasteiger partial charge in [-0.1, -0.05) is 38.3 Å². The number of esters is 1. The minimum absolute atomic E-state index is 0.225. The summed E-state index contributed by atoms with van der Waals surface area (Å²) in [5.74, 6) is -0.322. The molecular weight excluding hydrogens is 340 g/mol. The summed E-state index contributed by atoms with van der Waals surface area (Å²) in [5.41, 5.74) is 0.870. The Morgan fingerprint density at radius 3 is 2.68 bits per heavy atom. The van der Waals surface area contributed by atoms with E-state index in [2.05, 4.69) is 11.7 Å².